The van der Waals surface area contributed by atoms with E-state index in [1.807, 2.05) is 13.8 Å². The lowest BCUT2D eigenvalue weighted by Crippen LogP contribution is -2.60. The van der Waals surface area contributed by atoms with Crippen LogP contribution in [-0.4, -0.2) is 86.3 Å². The van der Waals surface area contributed by atoms with E-state index in [1.165, 1.54) is 0 Å². The third-order valence-electron chi connectivity index (χ3n) is 5.36. The molecule has 27 heavy (non-hydrogen) atoms. The summed E-state index contributed by atoms with van der Waals surface area (Å²) in [7, 11) is 0. The standard InChI is InChI=1S/C19H32O8/c1-9(21)5-6-11-10(2)14(22)12(7-19(11,3)4)26-18-17(25)16(24)15(23)13(8-20)27-18/h5-6,9,12-18,20-25H,7-8H2,1-4H3/b6-5+. The van der Waals surface area contributed by atoms with Crippen molar-refractivity contribution < 1.29 is 40.1 Å². The minimum absolute atomic E-state index is 0.381. The Morgan fingerprint density at radius 3 is 2.37 bits per heavy atom. The van der Waals surface area contributed by atoms with Crippen molar-refractivity contribution in [1.29, 1.82) is 0 Å². The molecule has 0 aromatic heterocycles. The van der Waals surface area contributed by atoms with Gasteiger partial charge in [-0.3, -0.25) is 0 Å². The number of aliphatic hydroxyl groups is 6. The van der Waals surface area contributed by atoms with E-state index in [4.69, 9.17) is 9.47 Å². The Morgan fingerprint density at radius 1 is 1.19 bits per heavy atom. The molecule has 156 valence electrons. The molecule has 0 saturated carbocycles. The molecule has 1 saturated heterocycles. The molecule has 0 spiro atoms. The second-order valence-corrected chi connectivity index (χ2v) is 8.10. The highest BCUT2D eigenvalue weighted by atomic mass is 16.7. The van der Waals surface area contributed by atoms with Gasteiger partial charge in [0.25, 0.3) is 0 Å². The Kier molecular flexibility index (Phi) is 7.21. The molecule has 0 aromatic rings. The van der Waals surface area contributed by atoms with Crippen molar-refractivity contribution in [3.05, 3.63) is 23.3 Å². The van der Waals surface area contributed by atoms with Crippen LogP contribution in [0.5, 0.6) is 0 Å². The zero-order valence-electron chi connectivity index (χ0n) is 16.2. The Labute approximate surface area is 159 Å². The molecule has 8 atom stereocenters. The van der Waals surface area contributed by atoms with Crippen molar-refractivity contribution in [3.8, 4) is 0 Å². The van der Waals surface area contributed by atoms with Crippen molar-refractivity contribution in [2.24, 2.45) is 5.41 Å². The van der Waals surface area contributed by atoms with Gasteiger partial charge in [0.1, 0.15) is 30.5 Å². The van der Waals surface area contributed by atoms with E-state index in [9.17, 15) is 30.6 Å². The number of rotatable bonds is 5. The molecule has 1 aliphatic heterocycles. The summed E-state index contributed by atoms with van der Waals surface area (Å²) in [5, 5.41) is 59.4. The molecule has 8 unspecified atom stereocenters. The first-order chi connectivity index (χ1) is 12.5. The average Bonchev–Trinajstić information content (AvgIpc) is 2.59. The maximum atomic E-state index is 10.7. The first kappa shape index (κ1) is 22.4. The highest BCUT2D eigenvalue weighted by Crippen LogP contribution is 2.43. The molecular weight excluding hydrogens is 356 g/mol. The molecule has 1 fully saturated rings. The molecule has 1 heterocycles. The predicted molar refractivity (Wildman–Crippen MR) is 96.6 cm³/mol. The Hall–Kier alpha value is -0.840. The van der Waals surface area contributed by atoms with Crippen LogP contribution in [0, 0.1) is 5.41 Å². The summed E-state index contributed by atoms with van der Waals surface area (Å²) in [6.45, 7) is 6.83. The number of aliphatic hydroxyl groups excluding tert-OH is 6. The van der Waals surface area contributed by atoms with Gasteiger partial charge in [-0.15, -0.1) is 0 Å². The minimum Gasteiger partial charge on any atom is -0.394 e. The number of ether oxygens (including phenoxy) is 2. The summed E-state index contributed by atoms with van der Waals surface area (Å²) in [6, 6.07) is 0. The molecule has 2 aliphatic rings. The van der Waals surface area contributed by atoms with Gasteiger partial charge in [0.05, 0.1) is 18.8 Å². The quantitative estimate of drug-likeness (QED) is 0.360. The van der Waals surface area contributed by atoms with Gasteiger partial charge in [0.15, 0.2) is 6.29 Å². The monoisotopic (exact) mass is 388 g/mol. The van der Waals surface area contributed by atoms with Crippen LogP contribution >= 0.6 is 0 Å². The van der Waals surface area contributed by atoms with Crippen LogP contribution in [0.15, 0.2) is 23.3 Å². The van der Waals surface area contributed by atoms with E-state index < -0.39 is 55.6 Å². The van der Waals surface area contributed by atoms with E-state index in [-0.39, 0.29) is 5.41 Å². The maximum Gasteiger partial charge on any atom is 0.187 e. The molecule has 0 radical (unpaired) electrons. The second kappa shape index (κ2) is 8.67. The summed E-state index contributed by atoms with van der Waals surface area (Å²) in [5.74, 6) is 0. The van der Waals surface area contributed by atoms with Gasteiger partial charge in [-0.05, 0) is 36.8 Å². The van der Waals surface area contributed by atoms with E-state index >= 15 is 0 Å². The van der Waals surface area contributed by atoms with Crippen LogP contribution in [0.2, 0.25) is 0 Å². The Bertz CT molecular complexity index is 568. The van der Waals surface area contributed by atoms with Crippen molar-refractivity contribution >= 4 is 0 Å². The molecule has 0 bridgehead atoms. The van der Waals surface area contributed by atoms with Crippen molar-refractivity contribution in [2.45, 2.75) is 83.1 Å². The molecule has 6 N–H and O–H groups in total. The van der Waals surface area contributed by atoms with Gasteiger partial charge in [-0.2, -0.15) is 0 Å². The highest BCUT2D eigenvalue weighted by Gasteiger charge is 2.47. The Balaban J connectivity index is 2.21. The number of hydrogen-bond donors (Lipinski definition) is 6. The first-order valence-electron chi connectivity index (χ1n) is 9.21. The molecule has 0 amide bonds. The topological polar surface area (TPSA) is 140 Å². The van der Waals surface area contributed by atoms with Crippen LogP contribution in [0.4, 0.5) is 0 Å². The normalized spacial score (nSPS) is 41.2. The molecular formula is C19H32O8. The molecule has 8 heteroatoms. The summed E-state index contributed by atoms with van der Waals surface area (Å²) in [6.07, 6.45) is -5.32. The fourth-order valence-electron chi connectivity index (χ4n) is 3.76. The molecule has 1 aliphatic carbocycles. The Morgan fingerprint density at radius 2 is 1.81 bits per heavy atom. The fourth-order valence-corrected chi connectivity index (χ4v) is 3.76. The van der Waals surface area contributed by atoms with Gasteiger partial charge in [0, 0.05) is 0 Å². The highest BCUT2D eigenvalue weighted by molar-refractivity contribution is 5.36. The summed E-state index contributed by atoms with van der Waals surface area (Å²) in [4.78, 5) is 0. The number of hydrogen-bond acceptors (Lipinski definition) is 8. The van der Waals surface area contributed by atoms with Gasteiger partial charge >= 0.3 is 0 Å². The van der Waals surface area contributed by atoms with Crippen LogP contribution in [0.1, 0.15) is 34.1 Å². The van der Waals surface area contributed by atoms with Crippen LogP contribution in [0.25, 0.3) is 0 Å². The lowest BCUT2D eigenvalue weighted by atomic mass is 9.70. The zero-order valence-corrected chi connectivity index (χ0v) is 16.2. The van der Waals surface area contributed by atoms with E-state index in [1.54, 1.807) is 26.0 Å². The molecule has 8 nitrogen and oxygen atoms in total. The molecule has 0 aromatic carbocycles. The van der Waals surface area contributed by atoms with Crippen LogP contribution in [0.3, 0.4) is 0 Å². The summed E-state index contributed by atoms with van der Waals surface area (Å²) >= 11 is 0. The smallest absolute Gasteiger partial charge is 0.187 e. The fraction of sp³-hybridized carbons (Fsp3) is 0.789. The minimum atomic E-state index is -1.53. The lowest BCUT2D eigenvalue weighted by molar-refractivity contribution is -0.318. The van der Waals surface area contributed by atoms with E-state index in [0.717, 1.165) is 5.57 Å². The van der Waals surface area contributed by atoms with Gasteiger partial charge in [-0.25, -0.2) is 0 Å². The summed E-state index contributed by atoms with van der Waals surface area (Å²) in [5.41, 5.74) is 1.19. The van der Waals surface area contributed by atoms with Crippen molar-refractivity contribution in [3.63, 3.8) is 0 Å². The average molecular weight is 388 g/mol. The third kappa shape index (κ3) is 4.78. The van der Waals surface area contributed by atoms with Crippen molar-refractivity contribution in [1.82, 2.24) is 0 Å². The molecule has 2 rings (SSSR count). The lowest BCUT2D eigenvalue weighted by Gasteiger charge is -2.45. The first-order valence-corrected chi connectivity index (χ1v) is 9.21. The van der Waals surface area contributed by atoms with E-state index in [2.05, 4.69) is 0 Å². The zero-order chi connectivity index (χ0) is 20.5. The van der Waals surface area contributed by atoms with Crippen molar-refractivity contribution in [2.75, 3.05) is 6.61 Å². The van der Waals surface area contributed by atoms with Crippen LogP contribution < -0.4 is 0 Å². The SMILES string of the molecule is CC1=C(/C=C/C(C)O)C(C)(C)CC(OC2OC(CO)C(O)C(O)C2O)C1O. The van der Waals surface area contributed by atoms with Gasteiger partial charge in [-0.1, -0.05) is 26.0 Å². The number of allylic oxidation sites excluding steroid dienone is 2. The van der Waals surface area contributed by atoms with Gasteiger partial charge < -0.3 is 40.1 Å². The van der Waals surface area contributed by atoms with Crippen LogP contribution in [-0.2, 0) is 9.47 Å². The second-order valence-electron chi connectivity index (χ2n) is 8.10. The predicted octanol–water partition coefficient (Wildman–Crippen LogP) is -0.784. The largest absolute Gasteiger partial charge is 0.394 e. The van der Waals surface area contributed by atoms with E-state index in [0.29, 0.717) is 12.0 Å². The van der Waals surface area contributed by atoms with Gasteiger partial charge in [0.2, 0.25) is 0 Å². The third-order valence-corrected chi connectivity index (χ3v) is 5.36. The maximum absolute atomic E-state index is 10.7. The summed E-state index contributed by atoms with van der Waals surface area (Å²) < 4.78 is 11.2.